The molecule has 0 aliphatic rings. The van der Waals surface area contributed by atoms with Crippen LogP contribution in [0, 0.1) is 0 Å². The van der Waals surface area contributed by atoms with Crippen LogP contribution in [0.4, 0.5) is 0 Å². The van der Waals surface area contributed by atoms with Crippen LogP contribution >= 0.6 is 0 Å². The van der Waals surface area contributed by atoms with Crippen LogP contribution in [-0.2, 0) is 4.79 Å². The van der Waals surface area contributed by atoms with Crippen LogP contribution in [0.3, 0.4) is 0 Å². The first kappa shape index (κ1) is 14.6. The molecule has 18 heavy (non-hydrogen) atoms. The summed E-state index contributed by atoms with van der Waals surface area (Å²) in [7, 11) is 0. The van der Waals surface area contributed by atoms with Crippen LogP contribution in [0.2, 0.25) is 0 Å². The molecule has 6 N–H and O–H groups in total. The van der Waals surface area contributed by atoms with E-state index in [0.717, 1.165) is 5.56 Å². The second-order valence-corrected chi connectivity index (χ2v) is 4.19. The number of aliphatic hydroxyl groups is 1. The molecular weight excluding hydrogens is 230 g/mol. The van der Waals surface area contributed by atoms with Crippen LogP contribution in [0.1, 0.15) is 24.4 Å². The Labute approximate surface area is 107 Å². The first-order chi connectivity index (χ1) is 8.69. The molecule has 0 saturated heterocycles. The molecule has 0 bridgehead atoms. The summed E-state index contributed by atoms with van der Waals surface area (Å²) < 4.78 is 0. The van der Waals surface area contributed by atoms with Gasteiger partial charge in [-0.25, -0.2) is 0 Å². The second-order valence-electron chi connectivity index (χ2n) is 4.19. The summed E-state index contributed by atoms with van der Waals surface area (Å²) in [6.07, 6.45) is 1.26. The van der Waals surface area contributed by atoms with Gasteiger partial charge in [0.25, 0.3) is 0 Å². The summed E-state index contributed by atoms with van der Waals surface area (Å²) in [5.74, 6) is -0.258. The van der Waals surface area contributed by atoms with Crippen molar-refractivity contribution < 1.29 is 9.90 Å². The summed E-state index contributed by atoms with van der Waals surface area (Å²) in [5.41, 5.74) is 12.0. The van der Waals surface area contributed by atoms with E-state index in [2.05, 4.69) is 5.32 Å². The van der Waals surface area contributed by atoms with Crippen LogP contribution in [0.25, 0.3) is 0 Å². The number of hydrogen-bond acceptors (Lipinski definition) is 4. The van der Waals surface area contributed by atoms with Gasteiger partial charge in [-0.05, 0) is 24.9 Å². The van der Waals surface area contributed by atoms with Gasteiger partial charge in [-0.3, -0.25) is 4.79 Å². The summed E-state index contributed by atoms with van der Waals surface area (Å²) in [6.45, 7) is 0.364. The van der Waals surface area contributed by atoms with Crippen molar-refractivity contribution >= 4 is 5.91 Å². The fourth-order valence-electron chi connectivity index (χ4n) is 1.67. The second kappa shape index (κ2) is 7.81. The fraction of sp³-hybridized carbons (Fsp3) is 0.462. The van der Waals surface area contributed by atoms with Crippen molar-refractivity contribution in [3.8, 4) is 0 Å². The van der Waals surface area contributed by atoms with E-state index in [4.69, 9.17) is 11.5 Å². The van der Waals surface area contributed by atoms with Gasteiger partial charge in [-0.15, -0.1) is 0 Å². The number of aliphatic hydroxyl groups excluding tert-OH is 1. The highest BCUT2D eigenvalue weighted by Gasteiger charge is 2.18. The van der Waals surface area contributed by atoms with Crippen LogP contribution in [-0.4, -0.2) is 30.2 Å². The van der Waals surface area contributed by atoms with Crippen molar-refractivity contribution in [1.82, 2.24) is 5.32 Å². The average Bonchev–Trinajstić information content (AvgIpc) is 2.42. The van der Waals surface area contributed by atoms with Gasteiger partial charge in [-0.2, -0.15) is 0 Å². The smallest absolute Gasteiger partial charge is 0.237 e. The number of carbonyl (C=O) groups is 1. The molecule has 0 radical (unpaired) electrons. The molecule has 0 spiro atoms. The van der Waals surface area contributed by atoms with Gasteiger partial charge in [-0.1, -0.05) is 30.3 Å². The highest BCUT2D eigenvalue weighted by Crippen LogP contribution is 2.11. The Morgan fingerprint density at radius 3 is 2.56 bits per heavy atom. The SMILES string of the molecule is NCCC[C@H](N)C(=O)NC(CO)c1ccccc1. The quantitative estimate of drug-likeness (QED) is 0.543. The van der Waals surface area contributed by atoms with Gasteiger partial charge in [0.1, 0.15) is 0 Å². The van der Waals surface area contributed by atoms with Gasteiger partial charge in [0.15, 0.2) is 0 Å². The van der Waals surface area contributed by atoms with Gasteiger partial charge in [0.05, 0.1) is 18.7 Å². The molecule has 5 nitrogen and oxygen atoms in total. The van der Waals surface area contributed by atoms with Gasteiger partial charge in [0.2, 0.25) is 5.91 Å². The lowest BCUT2D eigenvalue weighted by Gasteiger charge is -2.19. The Bertz CT molecular complexity index is 357. The average molecular weight is 251 g/mol. The number of hydrogen-bond donors (Lipinski definition) is 4. The van der Waals surface area contributed by atoms with Crippen molar-refractivity contribution in [1.29, 1.82) is 0 Å². The zero-order valence-electron chi connectivity index (χ0n) is 10.4. The molecule has 1 amide bonds. The maximum Gasteiger partial charge on any atom is 0.237 e. The molecule has 5 heteroatoms. The summed E-state index contributed by atoms with van der Waals surface area (Å²) >= 11 is 0. The molecule has 1 aromatic rings. The molecule has 0 fully saturated rings. The molecule has 0 aliphatic heterocycles. The van der Waals surface area contributed by atoms with Gasteiger partial charge < -0.3 is 21.9 Å². The maximum absolute atomic E-state index is 11.8. The molecule has 2 atom stereocenters. The van der Waals surface area contributed by atoms with Crippen molar-refractivity contribution in [2.24, 2.45) is 11.5 Å². The molecular formula is C13H21N3O2. The monoisotopic (exact) mass is 251 g/mol. The number of nitrogens with one attached hydrogen (secondary N) is 1. The van der Waals surface area contributed by atoms with Crippen molar-refractivity contribution in [2.45, 2.75) is 24.9 Å². The lowest BCUT2D eigenvalue weighted by atomic mass is 10.1. The highest BCUT2D eigenvalue weighted by molar-refractivity contribution is 5.81. The summed E-state index contributed by atoms with van der Waals surface area (Å²) in [6, 6.07) is 8.32. The van der Waals surface area contributed by atoms with Crippen LogP contribution in [0.5, 0.6) is 0 Å². The van der Waals surface area contributed by atoms with E-state index < -0.39 is 12.1 Å². The first-order valence-electron chi connectivity index (χ1n) is 6.11. The van der Waals surface area contributed by atoms with E-state index in [1.807, 2.05) is 30.3 Å². The van der Waals surface area contributed by atoms with Gasteiger partial charge >= 0.3 is 0 Å². The molecule has 0 aliphatic carbocycles. The predicted octanol–water partition coefficient (Wildman–Crippen LogP) is -0.0976. The minimum absolute atomic E-state index is 0.153. The minimum atomic E-state index is -0.577. The molecule has 100 valence electrons. The van der Waals surface area contributed by atoms with Crippen molar-refractivity contribution in [2.75, 3.05) is 13.2 Å². The Hall–Kier alpha value is -1.43. The van der Waals surface area contributed by atoms with E-state index in [9.17, 15) is 9.90 Å². The third-order valence-corrected chi connectivity index (χ3v) is 2.76. The molecule has 0 saturated carbocycles. The molecule has 1 rings (SSSR count). The maximum atomic E-state index is 11.8. The number of nitrogens with two attached hydrogens (primary N) is 2. The van der Waals surface area contributed by atoms with Crippen LogP contribution < -0.4 is 16.8 Å². The first-order valence-corrected chi connectivity index (χ1v) is 6.11. The largest absolute Gasteiger partial charge is 0.394 e. The Morgan fingerprint density at radius 2 is 2.00 bits per heavy atom. The number of carbonyl (C=O) groups excluding carboxylic acids is 1. The van der Waals surface area contributed by atoms with E-state index in [-0.39, 0.29) is 12.5 Å². The summed E-state index contributed by atoms with van der Waals surface area (Å²) in [4.78, 5) is 11.8. The van der Waals surface area contributed by atoms with E-state index in [1.165, 1.54) is 0 Å². The third-order valence-electron chi connectivity index (χ3n) is 2.76. The van der Waals surface area contributed by atoms with Gasteiger partial charge in [0, 0.05) is 0 Å². The highest BCUT2D eigenvalue weighted by atomic mass is 16.3. The Morgan fingerprint density at radius 1 is 1.33 bits per heavy atom. The standard InChI is InChI=1S/C13H21N3O2/c14-8-4-7-11(15)13(18)16-12(9-17)10-5-2-1-3-6-10/h1-3,5-6,11-12,17H,4,7-9,14-15H2,(H,16,18)/t11-,12?/m0/s1. The molecule has 1 unspecified atom stereocenters. The minimum Gasteiger partial charge on any atom is -0.394 e. The Kier molecular flexibility index (Phi) is 6.35. The fourth-order valence-corrected chi connectivity index (χ4v) is 1.67. The van der Waals surface area contributed by atoms with E-state index >= 15 is 0 Å². The van der Waals surface area contributed by atoms with Crippen LogP contribution in [0.15, 0.2) is 30.3 Å². The number of benzene rings is 1. The summed E-state index contributed by atoms with van der Waals surface area (Å²) in [5, 5.41) is 12.0. The normalized spacial score (nSPS) is 13.9. The number of amides is 1. The Balaban J connectivity index is 2.56. The van der Waals surface area contributed by atoms with Crippen molar-refractivity contribution in [3.63, 3.8) is 0 Å². The topological polar surface area (TPSA) is 101 Å². The lowest BCUT2D eigenvalue weighted by molar-refractivity contribution is -0.123. The zero-order valence-corrected chi connectivity index (χ0v) is 10.4. The molecule has 0 heterocycles. The molecule has 0 aromatic heterocycles. The van der Waals surface area contributed by atoms with E-state index in [0.29, 0.717) is 19.4 Å². The lowest BCUT2D eigenvalue weighted by Crippen LogP contribution is -2.43. The van der Waals surface area contributed by atoms with E-state index in [1.54, 1.807) is 0 Å². The zero-order chi connectivity index (χ0) is 13.4. The number of rotatable bonds is 7. The molecule has 1 aromatic carbocycles. The predicted molar refractivity (Wildman–Crippen MR) is 70.7 cm³/mol. The van der Waals surface area contributed by atoms with Crippen molar-refractivity contribution in [3.05, 3.63) is 35.9 Å². The third kappa shape index (κ3) is 4.44.